The van der Waals surface area contributed by atoms with E-state index in [4.69, 9.17) is 15.2 Å². The largest absolute Gasteiger partial charge is 0.491 e. The van der Waals surface area contributed by atoms with E-state index in [0.29, 0.717) is 19.0 Å². The lowest BCUT2D eigenvalue weighted by molar-refractivity contribution is -0.184. The van der Waals surface area contributed by atoms with E-state index in [1.54, 1.807) is 19.2 Å². The molecule has 1 heterocycles. The number of halogens is 3. The minimum absolute atomic E-state index is 0.102. The first kappa shape index (κ1) is 18.5. The Bertz CT molecular complexity index is 548. The van der Waals surface area contributed by atoms with Crippen molar-refractivity contribution < 1.29 is 27.4 Å². The minimum atomic E-state index is -4.46. The number of likely N-dealkylation sites (tertiary alicyclic amines) is 1. The number of amides is 1. The van der Waals surface area contributed by atoms with E-state index in [0.717, 1.165) is 4.90 Å². The van der Waals surface area contributed by atoms with Gasteiger partial charge in [-0.25, -0.2) is 0 Å². The zero-order valence-electron chi connectivity index (χ0n) is 13.4. The van der Waals surface area contributed by atoms with E-state index >= 15 is 0 Å². The molecule has 134 valence electrons. The standard InChI is InChI=1S/C16H21F3N2O3/c1-23-8-9-24-13-5-2-11(3-6-13)15(22)21-10-12(20)4-7-14(21)16(17,18)19/h2-3,5-6,12,14H,4,7-10,20H2,1H3/t12-,14+/m0/s1. The van der Waals surface area contributed by atoms with E-state index in [2.05, 4.69) is 0 Å². The molecular weight excluding hydrogens is 325 g/mol. The van der Waals surface area contributed by atoms with Crippen molar-refractivity contribution >= 4 is 5.91 Å². The topological polar surface area (TPSA) is 64.8 Å². The van der Waals surface area contributed by atoms with Gasteiger partial charge >= 0.3 is 6.18 Å². The number of methoxy groups -OCH3 is 1. The highest BCUT2D eigenvalue weighted by Gasteiger charge is 2.47. The fourth-order valence-electron chi connectivity index (χ4n) is 2.67. The van der Waals surface area contributed by atoms with Crippen molar-refractivity contribution in [3.63, 3.8) is 0 Å². The monoisotopic (exact) mass is 346 g/mol. The Hall–Kier alpha value is -1.80. The number of carbonyl (C=O) groups is 1. The molecule has 1 amide bonds. The lowest BCUT2D eigenvalue weighted by atomic mass is 9.97. The molecule has 5 nitrogen and oxygen atoms in total. The Labute approximate surface area is 138 Å². The number of nitrogens with two attached hydrogens (primary N) is 1. The van der Waals surface area contributed by atoms with Crippen molar-refractivity contribution in [1.29, 1.82) is 0 Å². The summed E-state index contributed by atoms with van der Waals surface area (Å²) in [6.45, 7) is 0.662. The van der Waals surface area contributed by atoms with Crippen LogP contribution < -0.4 is 10.5 Å². The Kier molecular flexibility index (Phi) is 6.06. The Balaban J connectivity index is 2.10. The predicted molar refractivity (Wildman–Crippen MR) is 81.9 cm³/mol. The van der Waals surface area contributed by atoms with E-state index in [1.165, 1.54) is 12.1 Å². The maximum atomic E-state index is 13.2. The van der Waals surface area contributed by atoms with Crippen LogP contribution >= 0.6 is 0 Å². The average Bonchev–Trinajstić information content (AvgIpc) is 2.54. The van der Waals surface area contributed by atoms with Gasteiger partial charge in [-0.05, 0) is 37.1 Å². The van der Waals surface area contributed by atoms with Crippen LogP contribution in [0, 0.1) is 0 Å². The molecule has 2 atom stereocenters. The number of hydrogen-bond acceptors (Lipinski definition) is 4. The Morgan fingerprint density at radius 2 is 1.92 bits per heavy atom. The van der Waals surface area contributed by atoms with Gasteiger partial charge in [0.05, 0.1) is 6.61 Å². The number of ether oxygens (including phenoxy) is 2. The fraction of sp³-hybridized carbons (Fsp3) is 0.562. The van der Waals surface area contributed by atoms with Crippen LogP contribution in [-0.2, 0) is 4.74 Å². The second kappa shape index (κ2) is 7.85. The zero-order valence-corrected chi connectivity index (χ0v) is 13.4. The molecule has 0 radical (unpaired) electrons. The summed E-state index contributed by atoms with van der Waals surface area (Å²) in [5.74, 6) is -0.151. The molecule has 1 saturated heterocycles. The zero-order chi connectivity index (χ0) is 17.7. The lowest BCUT2D eigenvalue weighted by Crippen LogP contribution is -2.56. The van der Waals surface area contributed by atoms with Gasteiger partial charge in [0.2, 0.25) is 0 Å². The van der Waals surface area contributed by atoms with Gasteiger partial charge in [0, 0.05) is 25.3 Å². The third kappa shape index (κ3) is 4.61. The second-order valence-corrected chi connectivity index (χ2v) is 5.72. The van der Waals surface area contributed by atoms with Gasteiger partial charge in [0.1, 0.15) is 18.4 Å². The highest BCUT2D eigenvalue weighted by Crippen LogP contribution is 2.32. The maximum Gasteiger partial charge on any atom is 0.408 e. The molecule has 2 N–H and O–H groups in total. The second-order valence-electron chi connectivity index (χ2n) is 5.72. The van der Waals surface area contributed by atoms with Gasteiger partial charge in [0.25, 0.3) is 5.91 Å². The first-order chi connectivity index (χ1) is 11.3. The maximum absolute atomic E-state index is 13.2. The quantitative estimate of drug-likeness (QED) is 0.830. The van der Waals surface area contributed by atoms with Gasteiger partial charge in [0.15, 0.2) is 0 Å². The summed E-state index contributed by atoms with van der Waals surface area (Å²) in [5, 5.41) is 0. The van der Waals surface area contributed by atoms with Crippen molar-refractivity contribution in [3.8, 4) is 5.75 Å². The van der Waals surface area contributed by atoms with Gasteiger partial charge in [-0.1, -0.05) is 0 Å². The predicted octanol–water partition coefficient (Wildman–Crippen LogP) is 2.21. The number of nitrogens with zero attached hydrogens (tertiary/aromatic N) is 1. The molecule has 0 bridgehead atoms. The van der Waals surface area contributed by atoms with E-state index in [9.17, 15) is 18.0 Å². The van der Waals surface area contributed by atoms with Crippen LogP contribution in [0.5, 0.6) is 5.75 Å². The highest BCUT2D eigenvalue weighted by atomic mass is 19.4. The number of alkyl halides is 3. The highest BCUT2D eigenvalue weighted by molar-refractivity contribution is 5.94. The van der Waals surface area contributed by atoms with Crippen molar-refractivity contribution in [3.05, 3.63) is 29.8 Å². The smallest absolute Gasteiger partial charge is 0.408 e. The Morgan fingerprint density at radius 1 is 1.25 bits per heavy atom. The van der Waals surface area contributed by atoms with Crippen LogP contribution in [-0.4, -0.2) is 55.9 Å². The molecule has 1 fully saturated rings. The fourth-order valence-corrected chi connectivity index (χ4v) is 2.67. The van der Waals surface area contributed by atoms with Gasteiger partial charge in [-0.2, -0.15) is 13.2 Å². The Morgan fingerprint density at radius 3 is 2.50 bits per heavy atom. The summed E-state index contributed by atoms with van der Waals surface area (Å²) in [4.78, 5) is 13.3. The first-order valence-corrected chi connectivity index (χ1v) is 7.68. The lowest BCUT2D eigenvalue weighted by Gasteiger charge is -2.39. The van der Waals surface area contributed by atoms with Crippen molar-refractivity contribution in [2.75, 3.05) is 26.9 Å². The summed E-state index contributed by atoms with van der Waals surface area (Å²) >= 11 is 0. The van der Waals surface area contributed by atoms with Crippen LogP contribution in [0.4, 0.5) is 13.2 Å². The van der Waals surface area contributed by atoms with E-state index < -0.39 is 24.2 Å². The molecule has 0 saturated carbocycles. The molecule has 1 aliphatic rings. The van der Waals surface area contributed by atoms with Crippen molar-refractivity contribution in [2.45, 2.75) is 31.1 Å². The molecule has 1 aliphatic heterocycles. The molecular formula is C16H21F3N2O3. The first-order valence-electron chi connectivity index (χ1n) is 7.68. The molecule has 0 spiro atoms. The van der Waals surface area contributed by atoms with Crippen LogP contribution in [0.2, 0.25) is 0 Å². The van der Waals surface area contributed by atoms with Gasteiger partial charge in [-0.15, -0.1) is 0 Å². The van der Waals surface area contributed by atoms with Crippen molar-refractivity contribution in [2.24, 2.45) is 5.73 Å². The minimum Gasteiger partial charge on any atom is -0.491 e. The number of piperidine rings is 1. The van der Waals surface area contributed by atoms with Crippen LogP contribution in [0.25, 0.3) is 0 Å². The van der Waals surface area contributed by atoms with E-state index in [-0.39, 0.29) is 24.9 Å². The van der Waals surface area contributed by atoms with E-state index in [1.807, 2.05) is 0 Å². The molecule has 8 heteroatoms. The molecule has 1 aromatic carbocycles. The number of carbonyl (C=O) groups excluding carboxylic acids is 1. The average molecular weight is 346 g/mol. The summed E-state index contributed by atoms with van der Waals surface area (Å²) in [7, 11) is 1.55. The van der Waals surface area contributed by atoms with Crippen LogP contribution in [0.15, 0.2) is 24.3 Å². The molecule has 2 rings (SSSR count). The number of benzene rings is 1. The number of hydrogen-bond donors (Lipinski definition) is 1. The van der Waals surface area contributed by atoms with Gasteiger partial charge in [-0.3, -0.25) is 4.79 Å². The third-order valence-electron chi connectivity index (χ3n) is 3.91. The normalized spacial score (nSPS) is 21.6. The van der Waals surface area contributed by atoms with Crippen LogP contribution in [0.1, 0.15) is 23.2 Å². The SMILES string of the molecule is COCCOc1ccc(C(=O)N2C[C@@H](N)CC[C@@H]2C(F)(F)F)cc1. The summed E-state index contributed by atoms with van der Waals surface area (Å²) < 4.78 is 49.7. The van der Waals surface area contributed by atoms with Crippen LogP contribution in [0.3, 0.4) is 0 Å². The molecule has 0 unspecified atom stereocenters. The summed E-state index contributed by atoms with van der Waals surface area (Å²) in [6.07, 6.45) is -4.38. The molecule has 0 aliphatic carbocycles. The third-order valence-corrected chi connectivity index (χ3v) is 3.91. The summed E-state index contributed by atoms with van der Waals surface area (Å²) in [6, 6.07) is 3.78. The summed E-state index contributed by atoms with van der Waals surface area (Å²) in [5.41, 5.74) is 5.92. The van der Waals surface area contributed by atoms with Gasteiger partial charge < -0.3 is 20.1 Å². The molecule has 24 heavy (non-hydrogen) atoms. The number of rotatable bonds is 5. The van der Waals surface area contributed by atoms with Crippen molar-refractivity contribution in [1.82, 2.24) is 4.90 Å². The molecule has 0 aromatic heterocycles. The molecule has 1 aromatic rings.